The highest BCUT2D eigenvalue weighted by Crippen LogP contribution is 2.10. The molecule has 0 aliphatic carbocycles. The van der Waals surface area contributed by atoms with Gasteiger partial charge in [-0.05, 0) is 17.5 Å². The second-order valence-electron chi connectivity index (χ2n) is 3.14. The van der Waals surface area contributed by atoms with Crippen molar-refractivity contribution in [2.45, 2.75) is 0 Å². The van der Waals surface area contributed by atoms with Crippen LogP contribution in [-0.2, 0) is 9.59 Å². The van der Waals surface area contributed by atoms with Crippen LogP contribution in [0.5, 0.6) is 0 Å². The summed E-state index contributed by atoms with van der Waals surface area (Å²) in [6.07, 6.45) is 8.04. The molecule has 5 heteroatoms. The van der Waals surface area contributed by atoms with Crippen LogP contribution in [-0.4, -0.2) is 35.0 Å². The maximum Gasteiger partial charge on any atom is 0.323 e. The second kappa shape index (κ2) is 6.51. The monoisotopic (exact) mass is 249 g/mol. The van der Waals surface area contributed by atoms with E-state index in [2.05, 4.69) is 5.92 Å². The summed E-state index contributed by atoms with van der Waals surface area (Å²) >= 11 is 1.49. The van der Waals surface area contributed by atoms with E-state index >= 15 is 0 Å². The predicted octanol–water partition coefficient (Wildman–Crippen LogP) is 1.31. The third-order valence-corrected chi connectivity index (χ3v) is 2.69. The quantitative estimate of drug-likeness (QED) is 0.632. The van der Waals surface area contributed by atoms with E-state index in [1.54, 1.807) is 6.08 Å². The third kappa shape index (κ3) is 4.53. The van der Waals surface area contributed by atoms with Crippen molar-refractivity contribution < 1.29 is 14.7 Å². The largest absolute Gasteiger partial charge is 0.480 e. The Kier molecular flexibility index (Phi) is 4.98. The Morgan fingerprint density at radius 1 is 1.59 bits per heavy atom. The van der Waals surface area contributed by atoms with Gasteiger partial charge in [-0.15, -0.1) is 17.8 Å². The summed E-state index contributed by atoms with van der Waals surface area (Å²) in [6, 6.07) is 3.72. The molecule has 1 N–H and O–H groups in total. The van der Waals surface area contributed by atoms with Crippen LogP contribution in [0.25, 0.3) is 6.08 Å². The van der Waals surface area contributed by atoms with E-state index < -0.39 is 18.4 Å². The van der Waals surface area contributed by atoms with Gasteiger partial charge < -0.3 is 10.0 Å². The van der Waals surface area contributed by atoms with Crippen molar-refractivity contribution in [2.75, 3.05) is 13.1 Å². The number of aliphatic carboxylic acids is 1. The van der Waals surface area contributed by atoms with Crippen molar-refractivity contribution in [1.29, 1.82) is 0 Å². The van der Waals surface area contributed by atoms with E-state index in [4.69, 9.17) is 11.5 Å². The number of carboxylic acid groups (broad SMARTS) is 1. The second-order valence-corrected chi connectivity index (χ2v) is 4.12. The average Bonchev–Trinajstić information content (AvgIpc) is 2.77. The summed E-state index contributed by atoms with van der Waals surface area (Å²) in [6.45, 7) is -0.405. The lowest BCUT2D eigenvalue weighted by atomic mass is 10.3. The van der Waals surface area contributed by atoms with Gasteiger partial charge in [-0.3, -0.25) is 9.59 Å². The van der Waals surface area contributed by atoms with Crippen LogP contribution in [0.15, 0.2) is 23.6 Å². The fourth-order valence-corrected chi connectivity index (χ4v) is 1.75. The Morgan fingerprint density at radius 3 is 2.88 bits per heavy atom. The number of hydrogen-bond acceptors (Lipinski definition) is 3. The molecular formula is C12H11NO3S. The smallest absolute Gasteiger partial charge is 0.323 e. The van der Waals surface area contributed by atoms with Crippen LogP contribution in [0.3, 0.4) is 0 Å². The highest BCUT2D eigenvalue weighted by atomic mass is 32.1. The van der Waals surface area contributed by atoms with Gasteiger partial charge in [0.25, 0.3) is 0 Å². The number of amides is 1. The summed E-state index contributed by atoms with van der Waals surface area (Å²) in [5, 5.41) is 10.5. The van der Waals surface area contributed by atoms with E-state index in [0.29, 0.717) is 0 Å². The van der Waals surface area contributed by atoms with Crippen LogP contribution in [0, 0.1) is 12.3 Å². The zero-order valence-electron chi connectivity index (χ0n) is 9.00. The number of rotatable bonds is 5. The average molecular weight is 249 g/mol. The van der Waals surface area contributed by atoms with Crippen LogP contribution >= 0.6 is 11.3 Å². The molecule has 1 aromatic rings. The molecule has 0 aliphatic heterocycles. The fraction of sp³-hybridized carbons (Fsp3) is 0.167. The number of nitrogens with zero attached hydrogens (tertiary/aromatic N) is 1. The van der Waals surface area contributed by atoms with E-state index in [9.17, 15) is 9.59 Å². The molecule has 4 nitrogen and oxygen atoms in total. The normalized spacial score (nSPS) is 10.1. The number of hydrogen-bond donors (Lipinski definition) is 1. The fourth-order valence-electron chi connectivity index (χ4n) is 1.13. The van der Waals surface area contributed by atoms with E-state index in [1.807, 2.05) is 17.5 Å². The van der Waals surface area contributed by atoms with E-state index in [-0.39, 0.29) is 6.54 Å². The molecule has 0 fully saturated rings. The predicted molar refractivity (Wildman–Crippen MR) is 66.4 cm³/mol. The topological polar surface area (TPSA) is 57.6 Å². The Bertz CT molecular complexity index is 457. The lowest BCUT2D eigenvalue weighted by Gasteiger charge is -2.15. The zero-order chi connectivity index (χ0) is 12.7. The van der Waals surface area contributed by atoms with Crippen molar-refractivity contribution in [1.82, 2.24) is 4.90 Å². The molecule has 1 rings (SSSR count). The molecule has 0 aliphatic rings. The zero-order valence-corrected chi connectivity index (χ0v) is 9.81. The summed E-state index contributed by atoms with van der Waals surface area (Å²) in [7, 11) is 0. The molecule has 0 saturated carbocycles. The summed E-state index contributed by atoms with van der Waals surface area (Å²) in [5.41, 5.74) is 0. The van der Waals surface area contributed by atoms with Gasteiger partial charge in [0.15, 0.2) is 0 Å². The van der Waals surface area contributed by atoms with Crippen LogP contribution in [0.2, 0.25) is 0 Å². The van der Waals surface area contributed by atoms with Crippen molar-refractivity contribution in [2.24, 2.45) is 0 Å². The molecule has 0 spiro atoms. The van der Waals surface area contributed by atoms with Gasteiger partial charge in [0.1, 0.15) is 6.54 Å². The molecule has 0 bridgehead atoms. The number of carboxylic acids is 1. The molecule has 0 radical (unpaired) electrons. The Hall–Kier alpha value is -2.06. The van der Waals surface area contributed by atoms with Gasteiger partial charge >= 0.3 is 5.97 Å². The molecule has 0 aromatic carbocycles. The first-order valence-electron chi connectivity index (χ1n) is 4.79. The van der Waals surface area contributed by atoms with Gasteiger partial charge in [-0.2, -0.15) is 0 Å². The van der Waals surface area contributed by atoms with Gasteiger partial charge in [0, 0.05) is 11.0 Å². The minimum absolute atomic E-state index is 0.0140. The molecule has 1 aromatic heterocycles. The van der Waals surface area contributed by atoms with Gasteiger partial charge in [0.05, 0.1) is 6.54 Å². The summed E-state index contributed by atoms with van der Waals surface area (Å²) < 4.78 is 0. The van der Waals surface area contributed by atoms with Crippen LogP contribution in [0.1, 0.15) is 4.88 Å². The highest BCUT2D eigenvalue weighted by Gasteiger charge is 2.12. The first-order valence-corrected chi connectivity index (χ1v) is 5.67. The molecule has 0 atom stereocenters. The van der Waals surface area contributed by atoms with Crippen LogP contribution in [0.4, 0.5) is 0 Å². The van der Waals surface area contributed by atoms with Crippen molar-refractivity contribution >= 4 is 29.3 Å². The maximum atomic E-state index is 11.6. The lowest BCUT2D eigenvalue weighted by Crippen LogP contribution is -2.34. The minimum atomic E-state index is -1.09. The molecule has 0 unspecified atom stereocenters. The SMILES string of the molecule is C#CCN(CC(=O)O)C(=O)C=Cc1cccs1. The van der Waals surface area contributed by atoms with Gasteiger partial charge in [0.2, 0.25) is 5.91 Å². The standard InChI is InChI=1S/C12H11NO3S/c1-2-7-13(9-12(15)16)11(14)6-5-10-4-3-8-17-10/h1,3-6,8H,7,9H2,(H,15,16). The number of thiophene rings is 1. The van der Waals surface area contributed by atoms with E-state index in [1.165, 1.54) is 17.4 Å². The highest BCUT2D eigenvalue weighted by molar-refractivity contribution is 7.10. The lowest BCUT2D eigenvalue weighted by molar-refractivity contribution is -0.142. The molecule has 88 valence electrons. The maximum absolute atomic E-state index is 11.6. The molecule has 1 amide bonds. The Labute approximate surface area is 103 Å². The number of terminal acetylenes is 1. The Morgan fingerprint density at radius 2 is 2.35 bits per heavy atom. The van der Waals surface area contributed by atoms with Crippen molar-refractivity contribution in [3.63, 3.8) is 0 Å². The molecule has 17 heavy (non-hydrogen) atoms. The number of carbonyl (C=O) groups excluding carboxylic acids is 1. The van der Waals surface area contributed by atoms with E-state index in [0.717, 1.165) is 9.78 Å². The van der Waals surface area contributed by atoms with Gasteiger partial charge in [-0.25, -0.2) is 0 Å². The first kappa shape index (κ1) is 13.0. The van der Waals surface area contributed by atoms with Crippen molar-refractivity contribution in [3.05, 3.63) is 28.5 Å². The third-order valence-electron chi connectivity index (χ3n) is 1.85. The molecule has 1 heterocycles. The van der Waals surface area contributed by atoms with Crippen molar-refractivity contribution in [3.8, 4) is 12.3 Å². The van der Waals surface area contributed by atoms with Gasteiger partial charge in [-0.1, -0.05) is 12.0 Å². The molecular weight excluding hydrogens is 238 g/mol. The summed E-state index contributed by atoms with van der Waals surface area (Å²) in [4.78, 5) is 24.2. The Balaban J connectivity index is 2.65. The minimum Gasteiger partial charge on any atom is -0.480 e. The van der Waals surface area contributed by atoms with Crippen LogP contribution < -0.4 is 0 Å². The first-order chi connectivity index (χ1) is 8.13. The number of carbonyl (C=O) groups is 2. The summed E-state index contributed by atoms with van der Waals surface area (Å²) in [5.74, 6) is 0.769. The molecule has 0 saturated heterocycles.